The lowest BCUT2D eigenvalue weighted by atomic mass is 9.73. The standard InChI is InChI=1S/C16H22N2O/c1-17-7-6-10-8-14-15(16(19)12(10)9-17)11-4-3-5-13(11)18(14)2/h10,12H,3-9H2,1-2H3/t10-,12+/m0/s1. The van der Waals surface area contributed by atoms with Crippen LogP contribution >= 0.6 is 0 Å². The van der Waals surface area contributed by atoms with Gasteiger partial charge in [0.15, 0.2) is 5.78 Å². The molecule has 1 aliphatic heterocycles. The molecule has 4 rings (SSSR count). The Balaban J connectivity index is 1.82. The van der Waals surface area contributed by atoms with Gasteiger partial charge in [0, 0.05) is 36.5 Å². The molecule has 2 atom stereocenters. The average Bonchev–Trinajstić information content (AvgIpc) is 2.95. The Morgan fingerprint density at radius 3 is 2.84 bits per heavy atom. The van der Waals surface area contributed by atoms with Crippen molar-refractivity contribution in [1.82, 2.24) is 9.47 Å². The van der Waals surface area contributed by atoms with Crippen molar-refractivity contribution in [3.05, 3.63) is 22.5 Å². The second kappa shape index (κ2) is 3.95. The maximum absolute atomic E-state index is 12.9. The number of nitrogens with zero attached hydrogens (tertiary/aromatic N) is 2. The van der Waals surface area contributed by atoms with Crippen molar-refractivity contribution in [3.63, 3.8) is 0 Å². The molecule has 0 radical (unpaired) electrons. The van der Waals surface area contributed by atoms with E-state index in [0.717, 1.165) is 31.5 Å². The van der Waals surface area contributed by atoms with Gasteiger partial charge in [-0.2, -0.15) is 0 Å². The predicted octanol–water partition coefficient (Wildman–Crippen LogP) is 1.82. The van der Waals surface area contributed by atoms with Gasteiger partial charge in [0.25, 0.3) is 0 Å². The first-order chi connectivity index (χ1) is 9.16. The SMILES string of the molecule is CN1CC[C@H]2Cc3c(c4c(n3C)CCC4)C(=O)[C@@H]2C1. The topological polar surface area (TPSA) is 25.2 Å². The summed E-state index contributed by atoms with van der Waals surface area (Å²) in [5.74, 6) is 1.31. The third-order valence-corrected chi connectivity index (χ3v) is 5.59. The van der Waals surface area contributed by atoms with Crippen molar-refractivity contribution in [1.29, 1.82) is 0 Å². The zero-order valence-corrected chi connectivity index (χ0v) is 11.9. The fourth-order valence-electron chi connectivity index (χ4n) is 4.54. The summed E-state index contributed by atoms with van der Waals surface area (Å²) in [6, 6.07) is 0. The third kappa shape index (κ3) is 1.51. The summed E-state index contributed by atoms with van der Waals surface area (Å²) >= 11 is 0. The number of aromatic nitrogens is 1. The summed E-state index contributed by atoms with van der Waals surface area (Å²) in [7, 11) is 4.32. The van der Waals surface area contributed by atoms with E-state index in [0.29, 0.717) is 11.7 Å². The molecule has 1 aromatic rings. The minimum atomic E-state index is 0.262. The molecule has 19 heavy (non-hydrogen) atoms. The van der Waals surface area contributed by atoms with Crippen molar-refractivity contribution in [2.75, 3.05) is 20.1 Å². The molecule has 0 unspecified atom stereocenters. The Bertz CT molecular complexity index is 558. The first-order valence-electron chi connectivity index (χ1n) is 7.59. The Morgan fingerprint density at radius 1 is 1.16 bits per heavy atom. The van der Waals surface area contributed by atoms with Crippen molar-refractivity contribution in [2.45, 2.75) is 32.1 Å². The molecule has 3 heteroatoms. The molecule has 0 bridgehead atoms. The maximum Gasteiger partial charge on any atom is 0.169 e. The largest absolute Gasteiger partial charge is 0.351 e. The van der Waals surface area contributed by atoms with Crippen LogP contribution in [0.3, 0.4) is 0 Å². The molecule has 102 valence electrons. The van der Waals surface area contributed by atoms with Crippen molar-refractivity contribution >= 4 is 5.78 Å². The average molecular weight is 258 g/mol. The number of carbonyl (C=O) groups excluding carboxylic acids is 1. The monoisotopic (exact) mass is 258 g/mol. The normalized spacial score (nSPS) is 30.1. The molecule has 3 aliphatic rings. The summed E-state index contributed by atoms with van der Waals surface area (Å²) in [4.78, 5) is 15.3. The highest BCUT2D eigenvalue weighted by atomic mass is 16.1. The van der Waals surface area contributed by atoms with Crippen LogP contribution < -0.4 is 0 Å². The van der Waals surface area contributed by atoms with Gasteiger partial charge in [0.1, 0.15) is 0 Å². The molecular formula is C16H22N2O. The van der Waals surface area contributed by atoms with Gasteiger partial charge < -0.3 is 9.47 Å². The van der Waals surface area contributed by atoms with Gasteiger partial charge in [0.2, 0.25) is 0 Å². The number of carbonyl (C=O) groups is 1. The molecule has 0 saturated carbocycles. The molecule has 1 saturated heterocycles. The first kappa shape index (κ1) is 11.7. The van der Waals surface area contributed by atoms with Gasteiger partial charge in [0.05, 0.1) is 0 Å². The zero-order valence-electron chi connectivity index (χ0n) is 11.9. The molecule has 2 heterocycles. The smallest absolute Gasteiger partial charge is 0.169 e. The summed E-state index contributed by atoms with van der Waals surface area (Å²) < 4.78 is 2.35. The number of Topliss-reactive ketones (excluding diaryl/α,β-unsaturated/α-hetero) is 1. The Hall–Kier alpha value is -1.09. The maximum atomic E-state index is 12.9. The molecule has 2 aliphatic carbocycles. The van der Waals surface area contributed by atoms with E-state index in [4.69, 9.17) is 0 Å². The minimum absolute atomic E-state index is 0.262. The van der Waals surface area contributed by atoms with Gasteiger partial charge >= 0.3 is 0 Å². The van der Waals surface area contributed by atoms with Crippen molar-refractivity contribution in [3.8, 4) is 0 Å². The van der Waals surface area contributed by atoms with E-state index in [1.54, 1.807) is 0 Å². The molecule has 3 nitrogen and oxygen atoms in total. The zero-order chi connectivity index (χ0) is 13.1. The van der Waals surface area contributed by atoms with E-state index in [2.05, 4.69) is 23.6 Å². The van der Waals surface area contributed by atoms with Gasteiger partial charge in [-0.05, 0) is 57.2 Å². The van der Waals surface area contributed by atoms with Crippen LogP contribution in [-0.2, 0) is 26.3 Å². The van der Waals surface area contributed by atoms with Crippen molar-refractivity contribution in [2.24, 2.45) is 18.9 Å². The lowest BCUT2D eigenvalue weighted by molar-refractivity contribution is 0.0702. The fraction of sp³-hybridized carbons (Fsp3) is 0.688. The molecular weight excluding hydrogens is 236 g/mol. The second-order valence-corrected chi connectivity index (χ2v) is 6.65. The van der Waals surface area contributed by atoms with E-state index in [1.807, 2.05) is 0 Å². The molecule has 0 N–H and O–H groups in total. The van der Waals surface area contributed by atoms with E-state index >= 15 is 0 Å². The fourth-order valence-corrected chi connectivity index (χ4v) is 4.54. The Labute approximate surface area is 114 Å². The number of hydrogen-bond donors (Lipinski definition) is 0. The predicted molar refractivity (Wildman–Crippen MR) is 74.6 cm³/mol. The number of fused-ring (bicyclic) bond motifs is 4. The number of likely N-dealkylation sites (tertiary alicyclic amines) is 1. The second-order valence-electron chi connectivity index (χ2n) is 6.65. The van der Waals surface area contributed by atoms with E-state index < -0.39 is 0 Å². The molecule has 1 fully saturated rings. The van der Waals surface area contributed by atoms with Crippen LogP contribution in [0.2, 0.25) is 0 Å². The van der Waals surface area contributed by atoms with E-state index in [9.17, 15) is 4.79 Å². The lowest BCUT2D eigenvalue weighted by Gasteiger charge is -2.39. The quantitative estimate of drug-likeness (QED) is 0.709. The van der Waals surface area contributed by atoms with Crippen LogP contribution in [0.5, 0.6) is 0 Å². The number of ketones is 1. The molecule has 0 amide bonds. The highest BCUT2D eigenvalue weighted by molar-refractivity contribution is 6.02. The first-order valence-corrected chi connectivity index (χ1v) is 7.59. The third-order valence-electron chi connectivity index (χ3n) is 5.59. The summed E-state index contributed by atoms with van der Waals surface area (Å²) in [6.45, 7) is 2.11. The van der Waals surface area contributed by atoms with Crippen LogP contribution in [0, 0.1) is 11.8 Å². The molecule has 1 aromatic heterocycles. The van der Waals surface area contributed by atoms with Gasteiger partial charge in [-0.3, -0.25) is 4.79 Å². The van der Waals surface area contributed by atoms with Crippen LogP contribution in [0.1, 0.15) is 40.2 Å². The van der Waals surface area contributed by atoms with E-state index in [-0.39, 0.29) is 5.92 Å². The number of hydrogen-bond acceptors (Lipinski definition) is 2. The van der Waals surface area contributed by atoms with Crippen LogP contribution in [0.15, 0.2) is 0 Å². The van der Waals surface area contributed by atoms with Gasteiger partial charge in [-0.25, -0.2) is 0 Å². The van der Waals surface area contributed by atoms with Crippen LogP contribution in [0.25, 0.3) is 0 Å². The Kier molecular flexibility index (Phi) is 2.44. The lowest BCUT2D eigenvalue weighted by Crippen LogP contribution is -2.45. The number of rotatable bonds is 0. The molecule has 0 spiro atoms. The molecule has 0 aromatic carbocycles. The summed E-state index contributed by atoms with van der Waals surface area (Å²) in [5, 5.41) is 0. The van der Waals surface area contributed by atoms with E-state index in [1.165, 1.54) is 36.2 Å². The minimum Gasteiger partial charge on any atom is -0.351 e. The van der Waals surface area contributed by atoms with Crippen LogP contribution in [-0.4, -0.2) is 35.4 Å². The van der Waals surface area contributed by atoms with Gasteiger partial charge in [-0.1, -0.05) is 0 Å². The summed E-state index contributed by atoms with van der Waals surface area (Å²) in [5.41, 5.74) is 5.33. The van der Waals surface area contributed by atoms with Crippen molar-refractivity contribution < 1.29 is 4.79 Å². The highest BCUT2D eigenvalue weighted by Crippen LogP contribution is 2.41. The highest BCUT2D eigenvalue weighted by Gasteiger charge is 2.42. The Morgan fingerprint density at radius 2 is 2.00 bits per heavy atom. The number of piperidine rings is 1. The summed E-state index contributed by atoms with van der Waals surface area (Å²) in [6.07, 6.45) is 5.83. The van der Waals surface area contributed by atoms with Crippen LogP contribution in [0.4, 0.5) is 0 Å². The van der Waals surface area contributed by atoms with Gasteiger partial charge in [-0.15, -0.1) is 0 Å².